The molecular formula is C16H23ClN2. The Hall–Kier alpha value is -0.730. The van der Waals surface area contributed by atoms with E-state index in [-0.39, 0.29) is 0 Å². The highest BCUT2D eigenvalue weighted by atomic mass is 35.5. The van der Waals surface area contributed by atoms with Gasteiger partial charge in [-0.25, -0.2) is 0 Å². The Morgan fingerprint density at radius 3 is 2.95 bits per heavy atom. The van der Waals surface area contributed by atoms with Gasteiger partial charge >= 0.3 is 0 Å². The summed E-state index contributed by atoms with van der Waals surface area (Å²) in [7, 11) is 0. The lowest BCUT2D eigenvalue weighted by molar-refractivity contribution is 0.551. The minimum Gasteiger partial charge on any atom is -0.368 e. The standard InChI is InChI=1S/C16H23ClN2/c1-2-8-18-10-14-15(17)4-3-5-16(14)19-11-12-6-7-13(19)9-12/h3-5,12-13,18H,2,6-11H2,1H3. The first-order valence-electron chi connectivity index (χ1n) is 7.54. The van der Waals surface area contributed by atoms with Gasteiger partial charge in [-0.1, -0.05) is 24.6 Å². The third-order valence-electron chi connectivity index (χ3n) is 4.54. The zero-order valence-corrected chi connectivity index (χ0v) is 12.4. The van der Waals surface area contributed by atoms with E-state index in [4.69, 9.17) is 11.6 Å². The predicted molar refractivity (Wildman–Crippen MR) is 81.9 cm³/mol. The van der Waals surface area contributed by atoms with E-state index in [1.54, 1.807) is 0 Å². The molecule has 0 radical (unpaired) electrons. The Morgan fingerprint density at radius 2 is 2.26 bits per heavy atom. The molecule has 2 nitrogen and oxygen atoms in total. The quantitative estimate of drug-likeness (QED) is 0.824. The molecule has 1 saturated carbocycles. The van der Waals surface area contributed by atoms with E-state index in [1.165, 1.54) is 37.1 Å². The largest absolute Gasteiger partial charge is 0.368 e. The number of rotatable bonds is 5. The van der Waals surface area contributed by atoms with E-state index in [0.717, 1.165) is 36.5 Å². The maximum absolute atomic E-state index is 6.42. The monoisotopic (exact) mass is 278 g/mol. The Morgan fingerprint density at radius 1 is 1.37 bits per heavy atom. The molecule has 0 aromatic heterocycles. The van der Waals surface area contributed by atoms with Crippen molar-refractivity contribution >= 4 is 17.3 Å². The van der Waals surface area contributed by atoms with Crippen molar-refractivity contribution in [3.8, 4) is 0 Å². The normalized spacial score (nSPS) is 25.3. The first kappa shape index (κ1) is 13.3. The second-order valence-electron chi connectivity index (χ2n) is 5.90. The number of benzene rings is 1. The maximum Gasteiger partial charge on any atom is 0.0471 e. The number of nitrogens with zero attached hydrogens (tertiary/aromatic N) is 1. The topological polar surface area (TPSA) is 15.3 Å². The Bertz CT molecular complexity index is 446. The van der Waals surface area contributed by atoms with Gasteiger partial charge in [0.2, 0.25) is 0 Å². The summed E-state index contributed by atoms with van der Waals surface area (Å²) in [6, 6.07) is 7.11. The van der Waals surface area contributed by atoms with E-state index in [0.29, 0.717) is 0 Å². The lowest BCUT2D eigenvalue weighted by Gasteiger charge is -2.31. The number of fused-ring (bicyclic) bond motifs is 2. The number of hydrogen-bond donors (Lipinski definition) is 1. The summed E-state index contributed by atoms with van der Waals surface area (Å²) in [5.41, 5.74) is 2.65. The molecule has 1 aliphatic carbocycles. The fraction of sp³-hybridized carbons (Fsp3) is 0.625. The molecule has 3 rings (SSSR count). The van der Waals surface area contributed by atoms with Gasteiger partial charge in [0.15, 0.2) is 0 Å². The van der Waals surface area contributed by atoms with Crippen LogP contribution in [0, 0.1) is 5.92 Å². The van der Waals surface area contributed by atoms with Gasteiger partial charge in [0.25, 0.3) is 0 Å². The van der Waals surface area contributed by atoms with Crippen molar-refractivity contribution in [3.05, 3.63) is 28.8 Å². The molecule has 1 aromatic rings. The molecule has 1 saturated heterocycles. The van der Waals surface area contributed by atoms with Crippen molar-refractivity contribution in [3.63, 3.8) is 0 Å². The van der Waals surface area contributed by atoms with E-state index in [1.807, 2.05) is 6.07 Å². The number of halogens is 1. The summed E-state index contributed by atoms with van der Waals surface area (Å²) in [5.74, 6) is 0.917. The summed E-state index contributed by atoms with van der Waals surface area (Å²) in [4.78, 5) is 2.60. The van der Waals surface area contributed by atoms with Crippen LogP contribution in [0.15, 0.2) is 18.2 Å². The lowest BCUT2D eigenvalue weighted by atomic mass is 10.1. The van der Waals surface area contributed by atoms with E-state index >= 15 is 0 Å². The van der Waals surface area contributed by atoms with Crippen LogP contribution < -0.4 is 10.2 Å². The molecule has 1 heterocycles. The van der Waals surface area contributed by atoms with Crippen molar-refractivity contribution in [2.45, 2.75) is 45.2 Å². The number of nitrogens with one attached hydrogen (secondary N) is 1. The van der Waals surface area contributed by atoms with Crippen LogP contribution in [0.2, 0.25) is 5.02 Å². The van der Waals surface area contributed by atoms with Gasteiger partial charge in [0.1, 0.15) is 0 Å². The molecule has 2 bridgehead atoms. The predicted octanol–water partition coefficient (Wildman–Crippen LogP) is 3.83. The third kappa shape index (κ3) is 2.61. The van der Waals surface area contributed by atoms with Gasteiger partial charge in [-0.05, 0) is 50.3 Å². The van der Waals surface area contributed by atoms with E-state index in [9.17, 15) is 0 Å². The molecular weight excluding hydrogens is 256 g/mol. The van der Waals surface area contributed by atoms with Crippen molar-refractivity contribution in [1.29, 1.82) is 0 Å². The van der Waals surface area contributed by atoms with Gasteiger partial charge < -0.3 is 10.2 Å². The number of piperidine rings is 1. The molecule has 0 amide bonds. The Labute approximate surface area is 121 Å². The van der Waals surface area contributed by atoms with E-state index < -0.39 is 0 Å². The highest BCUT2D eigenvalue weighted by molar-refractivity contribution is 6.31. The molecule has 1 aliphatic heterocycles. The fourth-order valence-electron chi connectivity index (χ4n) is 3.60. The molecule has 3 heteroatoms. The molecule has 2 fully saturated rings. The van der Waals surface area contributed by atoms with Gasteiger partial charge in [0.05, 0.1) is 0 Å². The molecule has 2 atom stereocenters. The summed E-state index contributed by atoms with van der Waals surface area (Å²) in [6.07, 6.45) is 5.33. The van der Waals surface area contributed by atoms with Crippen LogP contribution in [-0.4, -0.2) is 19.1 Å². The summed E-state index contributed by atoms with van der Waals surface area (Å²) >= 11 is 6.42. The van der Waals surface area contributed by atoms with Crippen LogP contribution >= 0.6 is 11.6 Å². The zero-order chi connectivity index (χ0) is 13.2. The summed E-state index contributed by atoms with van der Waals surface area (Å²) in [6.45, 7) is 5.36. The molecule has 2 aliphatic rings. The Balaban J connectivity index is 1.82. The van der Waals surface area contributed by atoms with Crippen LogP contribution in [0.1, 0.15) is 38.2 Å². The second-order valence-corrected chi connectivity index (χ2v) is 6.31. The SMILES string of the molecule is CCCNCc1c(Cl)cccc1N1CC2CCC1C2. The van der Waals surface area contributed by atoms with Crippen LogP contribution in [0.3, 0.4) is 0 Å². The minimum atomic E-state index is 0.758. The first-order chi connectivity index (χ1) is 9.29. The third-order valence-corrected chi connectivity index (χ3v) is 4.90. The molecule has 1 aromatic carbocycles. The zero-order valence-electron chi connectivity index (χ0n) is 11.7. The Kier molecular flexibility index (Phi) is 3.99. The highest BCUT2D eigenvalue weighted by Gasteiger charge is 2.38. The van der Waals surface area contributed by atoms with Crippen molar-refractivity contribution in [1.82, 2.24) is 5.32 Å². The summed E-state index contributed by atoms with van der Waals surface area (Å²) in [5, 5.41) is 4.40. The molecule has 1 N–H and O–H groups in total. The van der Waals surface area contributed by atoms with Crippen LogP contribution in [0.25, 0.3) is 0 Å². The van der Waals surface area contributed by atoms with Crippen LogP contribution in [-0.2, 0) is 6.54 Å². The summed E-state index contributed by atoms with van der Waals surface area (Å²) < 4.78 is 0. The maximum atomic E-state index is 6.42. The number of anilines is 1. The van der Waals surface area contributed by atoms with Crippen LogP contribution in [0.4, 0.5) is 5.69 Å². The highest BCUT2D eigenvalue weighted by Crippen LogP contribution is 2.42. The fourth-order valence-corrected chi connectivity index (χ4v) is 3.84. The van der Waals surface area contributed by atoms with Crippen LogP contribution in [0.5, 0.6) is 0 Å². The van der Waals surface area contributed by atoms with Gasteiger partial charge in [-0.2, -0.15) is 0 Å². The lowest BCUT2D eigenvalue weighted by Crippen LogP contribution is -2.33. The van der Waals surface area contributed by atoms with Crippen molar-refractivity contribution in [2.24, 2.45) is 5.92 Å². The minimum absolute atomic E-state index is 0.758. The average molecular weight is 279 g/mol. The average Bonchev–Trinajstić information content (AvgIpc) is 3.03. The van der Waals surface area contributed by atoms with Gasteiger partial charge in [0, 0.05) is 35.4 Å². The number of hydrogen-bond acceptors (Lipinski definition) is 2. The van der Waals surface area contributed by atoms with Gasteiger partial charge in [-0.15, -0.1) is 0 Å². The molecule has 2 unspecified atom stereocenters. The first-order valence-corrected chi connectivity index (χ1v) is 7.92. The smallest absolute Gasteiger partial charge is 0.0471 e. The van der Waals surface area contributed by atoms with Crippen molar-refractivity contribution in [2.75, 3.05) is 18.0 Å². The molecule has 19 heavy (non-hydrogen) atoms. The van der Waals surface area contributed by atoms with Gasteiger partial charge in [-0.3, -0.25) is 0 Å². The second kappa shape index (κ2) is 5.72. The van der Waals surface area contributed by atoms with Crippen molar-refractivity contribution < 1.29 is 0 Å². The molecule has 104 valence electrons. The van der Waals surface area contributed by atoms with E-state index in [2.05, 4.69) is 29.3 Å². The molecule has 0 spiro atoms.